The van der Waals surface area contributed by atoms with Gasteiger partial charge in [-0.15, -0.1) is 11.6 Å². The summed E-state index contributed by atoms with van der Waals surface area (Å²) in [6.45, 7) is 0.662. The monoisotopic (exact) mass is 324 g/mol. The summed E-state index contributed by atoms with van der Waals surface area (Å²) in [6.07, 6.45) is 0.901. The molecule has 94 valence electrons. The van der Waals surface area contributed by atoms with Crippen LogP contribution in [0.4, 0.5) is 0 Å². The highest BCUT2D eigenvalue weighted by molar-refractivity contribution is 9.10. The van der Waals surface area contributed by atoms with Gasteiger partial charge in [0.1, 0.15) is 5.75 Å². The third kappa shape index (κ3) is 3.76. The second-order valence-electron chi connectivity index (χ2n) is 3.97. The lowest BCUT2D eigenvalue weighted by atomic mass is 10.2. The fourth-order valence-corrected chi connectivity index (χ4v) is 2.33. The van der Waals surface area contributed by atoms with E-state index in [1.807, 2.05) is 36.4 Å². The summed E-state index contributed by atoms with van der Waals surface area (Å²) in [4.78, 5) is 0. The van der Waals surface area contributed by atoms with Crippen molar-refractivity contribution in [1.29, 1.82) is 0 Å². The van der Waals surface area contributed by atoms with Crippen molar-refractivity contribution >= 4 is 27.5 Å². The number of hydrogen-bond donors (Lipinski definition) is 0. The van der Waals surface area contributed by atoms with Crippen LogP contribution in [0.3, 0.4) is 0 Å². The van der Waals surface area contributed by atoms with Crippen molar-refractivity contribution < 1.29 is 4.74 Å². The fourth-order valence-electron chi connectivity index (χ4n) is 1.72. The third-order valence-corrected chi connectivity index (χ3v) is 3.44. The van der Waals surface area contributed by atoms with Crippen LogP contribution in [0.15, 0.2) is 53.0 Å². The van der Waals surface area contributed by atoms with Gasteiger partial charge in [0.2, 0.25) is 0 Å². The molecule has 0 amide bonds. The molecule has 2 aromatic carbocycles. The van der Waals surface area contributed by atoms with Gasteiger partial charge in [-0.25, -0.2) is 0 Å². The van der Waals surface area contributed by atoms with E-state index >= 15 is 0 Å². The molecule has 0 aliphatic carbocycles. The summed E-state index contributed by atoms with van der Waals surface area (Å²) in [7, 11) is 0. The molecule has 0 heterocycles. The predicted octanol–water partition coefficient (Wildman–Crippen LogP) is 4.81. The van der Waals surface area contributed by atoms with E-state index < -0.39 is 0 Å². The first kappa shape index (κ1) is 13.4. The zero-order valence-corrected chi connectivity index (χ0v) is 12.2. The van der Waals surface area contributed by atoms with Crippen molar-refractivity contribution in [2.45, 2.75) is 12.3 Å². The van der Waals surface area contributed by atoms with Crippen LogP contribution in [0.25, 0.3) is 0 Å². The molecule has 0 fully saturated rings. The molecule has 0 aromatic heterocycles. The smallest absolute Gasteiger partial charge is 0.123 e. The first-order chi connectivity index (χ1) is 8.79. The highest BCUT2D eigenvalue weighted by Gasteiger charge is 2.03. The quantitative estimate of drug-likeness (QED) is 0.717. The number of alkyl halides is 1. The van der Waals surface area contributed by atoms with E-state index in [0.29, 0.717) is 12.5 Å². The Labute approximate surface area is 121 Å². The minimum Gasteiger partial charge on any atom is -0.493 e. The molecule has 0 aliphatic rings. The molecule has 0 saturated carbocycles. The van der Waals surface area contributed by atoms with Crippen LogP contribution in [-0.2, 0) is 12.3 Å². The molecule has 0 spiro atoms. The Bertz CT molecular complexity index is 499. The van der Waals surface area contributed by atoms with Gasteiger partial charge in [0.25, 0.3) is 0 Å². The van der Waals surface area contributed by atoms with Crippen molar-refractivity contribution in [2.24, 2.45) is 0 Å². The van der Waals surface area contributed by atoms with Gasteiger partial charge < -0.3 is 4.74 Å². The number of ether oxygens (including phenoxy) is 1. The molecule has 1 nitrogen and oxygen atoms in total. The lowest BCUT2D eigenvalue weighted by molar-refractivity contribution is 0.319. The maximum Gasteiger partial charge on any atom is 0.123 e. The van der Waals surface area contributed by atoms with Crippen molar-refractivity contribution in [3.8, 4) is 5.75 Å². The largest absolute Gasteiger partial charge is 0.493 e. The number of benzene rings is 2. The van der Waals surface area contributed by atoms with Crippen molar-refractivity contribution in [3.05, 3.63) is 64.1 Å². The molecule has 2 rings (SSSR count). The van der Waals surface area contributed by atoms with Crippen LogP contribution in [-0.4, -0.2) is 6.61 Å². The number of halogens is 2. The predicted molar refractivity (Wildman–Crippen MR) is 79.3 cm³/mol. The molecule has 3 heteroatoms. The summed E-state index contributed by atoms with van der Waals surface area (Å²) in [6, 6.07) is 16.2. The van der Waals surface area contributed by atoms with Gasteiger partial charge in [-0.1, -0.05) is 46.3 Å². The Morgan fingerprint density at radius 3 is 2.56 bits per heavy atom. The second kappa shape index (κ2) is 6.81. The van der Waals surface area contributed by atoms with Gasteiger partial charge in [-0.05, 0) is 23.8 Å². The van der Waals surface area contributed by atoms with Crippen LogP contribution in [0.1, 0.15) is 11.1 Å². The Kier molecular flexibility index (Phi) is 5.09. The van der Waals surface area contributed by atoms with Gasteiger partial charge in [0.15, 0.2) is 0 Å². The Morgan fingerprint density at radius 1 is 1.06 bits per heavy atom. The first-order valence-electron chi connectivity index (χ1n) is 5.80. The van der Waals surface area contributed by atoms with Crippen LogP contribution < -0.4 is 4.74 Å². The van der Waals surface area contributed by atoms with Gasteiger partial charge in [-0.2, -0.15) is 0 Å². The molecular weight excluding hydrogens is 312 g/mol. The second-order valence-corrected chi connectivity index (χ2v) is 5.15. The van der Waals surface area contributed by atoms with Gasteiger partial charge in [0.05, 0.1) is 12.5 Å². The Hall–Kier alpha value is -0.990. The zero-order valence-electron chi connectivity index (χ0n) is 9.90. The molecule has 0 aliphatic heterocycles. The highest BCUT2D eigenvalue weighted by atomic mass is 79.9. The molecule has 0 radical (unpaired) electrons. The van der Waals surface area contributed by atoms with E-state index in [4.69, 9.17) is 16.3 Å². The summed E-state index contributed by atoms with van der Waals surface area (Å²) in [5.74, 6) is 1.32. The normalized spacial score (nSPS) is 10.3. The van der Waals surface area contributed by atoms with Gasteiger partial charge >= 0.3 is 0 Å². The Balaban J connectivity index is 1.94. The van der Waals surface area contributed by atoms with Crippen LogP contribution >= 0.6 is 27.5 Å². The lowest BCUT2D eigenvalue weighted by Gasteiger charge is -2.10. The molecule has 0 unspecified atom stereocenters. The molecule has 2 aromatic rings. The summed E-state index contributed by atoms with van der Waals surface area (Å²) < 4.78 is 6.80. The van der Waals surface area contributed by atoms with Crippen LogP contribution in [0.2, 0.25) is 0 Å². The van der Waals surface area contributed by atoms with E-state index in [1.54, 1.807) is 0 Å². The topological polar surface area (TPSA) is 9.23 Å². The molecule has 0 saturated heterocycles. The summed E-state index contributed by atoms with van der Waals surface area (Å²) >= 11 is 9.33. The minimum atomic E-state index is 0.458. The highest BCUT2D eigenvalue weighted by Crippen LogP contribution is 2.24. The molecular formula is C15H14BrClO. The summed E-state index contributed by atoms with van der Waals surface area (Å²) in [5.41, 5.74) is 2.29. The maximum absolute atomic E-state index is 5.90. The SMILES string of the molecule is ClCc1cc(Br)ccc1OCCc1ccccc1. The third-order valence-electron chi connectivity index (χ3n) is 2.66. The average molecular weight is 326 g/mol. The minimum absolute atomic E-state index is 0.458. The fraction of sp³-hybridized carbons (Fsp3) is 0.200. The molecule has 0 N–H and O–H groups in total. The van der Waals surface area contributed by atoms with Gasteiger partial charge in [0, 0.05) is 16.5 Å². The zero-order chi connectivity index (χ0) is 12.8. The number of hydrogen-bond acceptors (Lipinski definition) is 1. The van der Waals surface area contributed by atoms with E-state index in [0.717, 1.165) is 22.2 Å². The molecule has 0 atom stereocenters. The van der Waals surface area contributed by atoms with E-state index in [-0.39, 0.29) is 0 Å². The van der Waals surface area contributed by atoms with Crippen LogP contribution in [0.5, 0.6) is 5.75 Å². The standard InChI is InChI=1S/C15H14BrClO/c16-14-6-7-15(13(10-14)11-17)18-9-8-12-4-2-1-3-5-12/h1-7,10H,8-9,11H2. The van der Waals surface area contributed by atoms with Crippen molar-refractivity contribution in [1.82, 2.24) is 0 Å². The van der Waals surface area contributed by atoms with Gasteiger partial charge in [-0.3, -0.25) is 0 Å². The van der Waals surface area contributed by atoms with Crippen LogP contribution in [0, 0.1) is 0 Å². The van der Waals surface area contributed by atoms with Crippen molar-refractivity contribution in [3.63, 3.8) is 0 Å². The lowest BCUT2D eigenvalue weighted by Crippen LogP contribution is -2.02. The number of rotatable bonds is 5. The molecule has 0 bridgehead atoms. The van der Waals surface area contributed by atoms with E-state index in [2.05, 4.69) is 28.1 Å². The Morgan fingerprint density at radius 2 is 1.83 bits per heavy atom. The average Bonchev–Trinajstić information content (AvgIpc) is 2.41. The van der Waals surface area contributed by atoms with E-state index in [1.165, 1.54) is 5.56 Å². The molecule has 18 heavy (non-hydrogen) atoms. The summed E-state index contributed by atoms with van der Waals surface area (Å²) in [5, 5.41) is 0. The van der Waals surface area contributed by atoms with Crippen molar-refractivity contribution in [2.75, 3.05) is 6.61 Å². The maximum atomic E-state index is 5.90. The van der Waals surface area contributed by atoms with E-state index in [9.17, 15) is 0 Å². The first-order valence-corrected chi connectivity index (χ1v) is 7.13.